The molecule has 0 aliphatic rings. The Hall–Kier alpha value is -7.16. The van der Waals surface area contributed by atoms with Crippen LogP contribution in [-0.2, 0) is 0 Å². The maximum atomic E-state index is 6.91. The van der Waals surface area contributed by atoms with Crippen LogP contribution >= 0.6 is 0 Å². The molecule has 0 radical (unpaired) electrons. The maximum absolute atomic E-state index is 6.91. The van der Waals surface area contributed by atoms with Gasteiger partial charge in [-0.15, -0.1) is 0 Å². The largest absolute Gasteiger partial charge is 0.455 e. The van der Waals surface area contributed by atoms with E-state index in [0.29, 0.717) is 0 Å². The van der Waals surface area contributed by atoms with Crippen molar-refractivity contribution in [3.05, 3.63) is 200 Å². The molecule has 0 amide bonds. The van der Waals surface area contributed by atoms with Crippen molar-refractivity contribution in [2.75, 3.05) is 4.90 Å². The molecule has 0 unspecified atom stereocenters. The van der Waals surface area contributed by atoms with Crippen LogP contribution in [0.15, 0.2) is 205 Å². The van der Waals surface area contributed by atoms with Gasteiger partial charge in [-0.1, -0.05) is 170 Å². The van der Waals surface area contributed by atoms with Gasteiger partial charge < -0.3 is 9.32 Å². The highest BCUT2D eigenvalue weighted by molar-refractivity contribution is 6.19. The van der Waals surface area contributed by atoms with Crippen molar-refractivity contribution in [3.63, 3.8) is 0 Å². The van der Waals surface area contributed by atoms with Crippen LogP contribution in [0.2, 0.25) is 0 Å². The molecule has 0 saturated heterocycles. The molecule has 0 spiro atoms. The van der Waals surface area contributed by atoms with E-state index in [9.17, 15) is 0 Å². The summed E-state index contributed by atoms with van der Waals surface area (Å²) in [5, 5.41) is 11.9. The van der Waals surface area contributed by atoms with E-state index >= 15 is 0 Å². The van der Waals surface area contributed by atoms with Gasteiger partial charge in [0.1, 0.15) is 11.2 Å². The summed E-state index contributed by atoms with van der Waals surface area (Å²) < 4.78 is 6.91. The highest BCUT2D eigenvalue weighted by Gasteiger charge is 2.23. The molecule has 0 atom stereocenters. The van der Waals surface area contributed by atoms with Gasteiger partial charge in [-0.3, -0.25) is 0 Å². The van der Waals surface area contributed by atoms with E-state index in [1.165, 1.54) is 48.8 Å². The summed E-state index contributed by atoms with van der Waals surface area (Å²) in [6, 6.07) is 72.2. The molecule has 11 aromatic rings. The number of anilines is 3. The number of furan rings is 1. The Labute approximate surface area is 312 Å². The van der Waals surface area contributed by atoms with E-state index in [0.717, 1.165) is 55.5 Å². The van der Waals surface area contributed by atoms with Gasteiger partial charge in [-0.2, -0.15) is 0 Å². The summed E-state index contributed by atoms with van der Waals surface area (Å²) in [4.78, 5) is 2.44. The molecule has 54 heavy (non-hydrogen) atoms. The van der Waals surface area contributed by atoms with E-state index in [4.69, 9.17) is 4.42 Å². The Morgan fingerprint density at radius 3 is 1.69 bits per heavy atom. The molecule has 0 fully saturated rings. The zero-order valence-electron chi connectivity index (χ0n) is 29.4. The zero-order valence-corrected chi connectivity index (χ0v) is 29.4. The monoisotopic (exact) mass is 687 g/mol. The fourth-order valence-electron chi connectivity index (χ4n) is 8.53. The third-order valence-electron chi connectivity index (χ3n) is 11.0. The second-order valence-electron chi connectivity index (χ2n) is 14.0. The summed E-state index contributed by atoms with van der Waals surface area (Å²) in [7, 11) is 0. The second-order valence-corrected chi connectivity index (χ2v) is 14.0. The second kappa shape index (κ2) is 12.2. The normalized spacial score (nSPS) is 11.7. The van der Waals surface area contributed by atoms with Crippen molar-refractivity contribution in [1.82, 2.24) is 0 Å². The van der Waals surface area contributed by atoms with E-state index in [2.05, 4.69) is 205 Å². The Morgan fingerprint density at radius 2 is 0.852 bits per heavy atom. The number of hydrogen-bond donors (Lipinski definition) is 0. The molecule has 11 rings (SSSR count). The van der Waals surface area contributed by atoms with Gasteiger partial charge in [0.15, 0.2) is 0 Å². The fourth-order valence-corrected chi connectivity index (χ4v) is 8.53. The lowest BCUT2D eigenvalue weighted by Gasteiger charge is -2.29. The van der Waals surface area contributed by atoms with Crippen LogP contribution < -0.4 is 4.90 Å². The van der Waals surface area contributed by atoms with Gasteiger partial charge in [0.25, 0.3) is 0 Å². The smallest absolute Gasteiger partial charge is 0.143 e. The minimum atomic E-state index is 0.894. The van der Waals surface area contributed by atoms with Gasteiger partial charge in [0.2, 0.25) is 0 Å². The van der Waals surface area contributed by atoms with Crippen molar-refractivity contribution in [1.29, 1.82) is 0 Å². The predicted octanol–water partition coefficient (Wildman–Crippen LogP) is 15.0. The molecule has 0 N–H and O–H groups in total. The Morgan fingerprint density at radius 1 is 0.296 bits per heavy atom. The van der Waals surface area contributed by atoms with Crippen LogP contribution in [0.4, 0.5) is 17.1 Å². The summed E-state index contributed by atoms with van der Waals surface area (Å²) in [6.07, 6.45) is 0. The van der Waals surface area contributed by atoms with Gasteiger partial charge in [-0.05, 0) is 73.8 Å². The number of hydrogen-bond acceptors (Lipinski definition) is 2. The molecule has 0 saturated carbocycles. The van der Waals surface area contributed by atoms with Crippen LogP contribution in [0, 0.1) is 0 Å². The Bertz CT molecular complexity index is 3220. The molecule has 1 heterocycles. The lowest BCUT2D eigenvalue weighted by atomic mass is 9.95. The molecule has 0 aliphatic carbocycles. The first-order chi connectivity index (χ1) is 26.8. The quantitative estimate of drug-likeness (QED) is 0.168. The van der Waals surface area contributed by atoms with E-state index in [-0.39, 0.29) is 0 Å². The lowest BCUT2D eigenvalue weighted by Crippen LogP contribution is -2.12. The molecule has 252 valence electrons. The maximum Gasteiger partial charge on any atom is 0.143 e. The van der Waals surface area contributed by atoms with Crippen LogP contribution in [-0.4, -0.2) is 0 Å². The van der Waals surface area contributed by atoms with Crippen molar-refractivity contribution < 1.29 is 4.42 Å². The predicted molar refractivity (Wildman–Crippen MR) is 229 cm³/mol. The average molecular weight is 688 g/mol. The van der Waals surface area contributed by atoms with Crippen LogP contribution in [0.5, 0.6) is 0 Å². The average Bonchev–Trinajstić information content (AvgIpc) is 3.64. The highest BCUT2D eigenvalue weighted by Crippen LogP contribution is 2.48. The Balaban J connectivity index is 1.17. The number of fused-ring (bicyclic) bond motifs is 9. The number of rotatable bonds is 5. The third-order valence-corrected chi connectivity index (χ3v) is 11.0. The number of benzene rings is 10. The minimum absolute atomic E-state index is 0.894. The van der Waals surface area contributed by atoms with Crippen molar-refractivity contribution in [3.8, 4) is 22.3 Å². The topological polar surface area (TPSA) is 16.4 Å². The highest BCUT2D eigenvalue weighted by atomic mass is 16.3. The van der Waals surface area contributed by atoms with Crippen LogP contribution in [0.3, 0.4) is 0 Å². The molecule has 0 bridgehead atoms. The van der Waals surface area contributed by atoms with E-state index in [1.807, 2.05) is 0 Å². The van der Waals surface area contributed by atoms with Gasteiger partial charge in [-0.25, -0.2) is 0 Å². The molecule has 0 aliphatic heterocycles. The van der Waals surface area contributed by atoms with Crippen LogP contribution in [0.1, 0.15) is 0 Å². The van der Waals surface area contributed by atoms with Crippen LogP contribution in [0.25, 0.3) is 87.3 Å². The standard InChI is InChI=1S/C52H33NO/c1-4-17-39-34(13-1)16-11-23-40(39)36-27-30-38(31-28-36)53(50-33-37-15-3-5-18-41(37)43-20-7-8-21-44(43)50)49-26-10-9-22-45(49)46-24-12-25-47-48-32-29-35-14-2-6-19-42(35)51(48)54-52(46)47/h1-33H. The first-order valence-electron chi connectivity index (χ1n) is 18.5. The third kappa shape index (κ3) is 4.74. The van der Waals surface area contributed by atoms with Gasteiger partial charge in [0.05, 0.1) is 11.4 Å². The summed E-state index contributed by atoms with van der Waals surface area (Å²) in [5.41, 5.74) is 9.67. The fraction of sp³-hybridized carbons (Fsp3) is 0. The molecule has 1 aromatic heterocycles. The van der Waals surface area contributed by atoms with Gasteiger partial charge >= 0.3 is 0 Å². The van der Waals surface area contributed by atoms with E-state index < -0.39 is 0 Å². The van der Waals surface area contributed by atoms with Crippen molar-refractivity contribution in [2.45, 2.75) is 0 Å². The molecule has 10 aromatic carbocycles. The lowest BCUT2D eigenvalue weighted by molar-refractivity contribution is 0.674. The molecular formula is C52H33NO. The molecule has 2 heteroatoms. The minimum Gasteiger partial charge on any atom is -0.455 e. The van der Waals surface area contributed by atoms with Crippen molar-refractivity contribution >= 4 is 82.1 Å². The summed E-state index contributed by atoms with van der Waals surface area (Å²) >= 11 is 0. The van der Waals surface area contributed by atoms with E-state index in [1.54, 1.807) is 0 Å². The number of nitrogens with zero attached hydrogens (tertiary/aromatic N) is 1. The summed E-state index contributed by atoms with van der Waals surface area (Å²) in [6.45, 7) is 0. The first-order valence-corrected chi connectivity index (χ1v) is 18.5. The SMILES string of the molecule is c1ccc(N(c2ccc(-c3cccc4ccccc34)cc2)c2cc3ccccc3c3ccccc23)c(-c2cccc3c2oc2c4ccccc4ccc32)c1. The number of para-hydroxylation sites is 2. The Kier molecular flexibility index (Phi) is 6.90. The molecular weight excluding hydrogens is 655 g/mol. The van der Waals surface area contributed by atoms with Crippen molar-refractivity contribution in [2.24, 2.45) is 0 Å². The first kappa shape index (κ1) is 30.5. The molecule has 2 nitrogen and oxygen atoms in total. The van der Waals surface area contributed by atoms with Gasteiger partial charge in [0, 0.05) is 38.4 Å². The summed E-state index contributed by atoms with van der Waals surface area (Å²) in [5.74, 6) is 0. The zero-order chi connectivity index (χ0) is 35.6.